The van der Waals surface area contributed by atoms with E-state index in [1.807, 2.05) is 7.05 Å². The molecule has 0 fully saturated rings. The minimum atomic E-state index is -2.34. The van der Waals surface area contributed by atoms with Crippen molar-refractivity contribution in [2.75, 3.05) is 34.4 Å². The van der Waals surface area contributed by atoms with Crippen molar-refractivity contribution in [3.05, 3.63) is 0 Å². The Morgan fingerprint density at radius 3 is 2.27 bits per heavy atom. The first-order valence-corrected chi connectivity index (χ1v) is 7.56. The smallest absolute Gasteiger partial charge is 0.377 e. The van der Waals surface area contributed by atoms with Crippen LogP contribution in [0.25, 0.3) is 0 Å². The summed E-state index contributed by atoms with van der Waals surface area (Å²) in [4.78, 5) is 0. The van der Waals surface area contributed by atoms with Crippen LogP contribution in [-0.2, 0) is 13.3 Å². The van der Waals surface area contributed by atoms with Crippen LogP contribution in [0.1, 0.15) is 26.2 Å². The molecule has 92 valence electrons. The molecule has 0 atom stereocenters. The zero-order chi connectivity index (χ0) is 11.6. The maximum atomic E-state index is 5.73. The van der Waals surface area contributed by atoms with E-state index in [0.29, 0.717) is 0 Å². The Labute approximate surface area is 94.7 Å². The Kier molecular flexibility index (Phi) is 9.33. The van der Waals surface area contributed by atoms with Crippen molar-refractivity contribution in [1.29, 1.82) is 0 Å². The summed E-state index contributed by atoms with van der Waals surface area (Å²) in [6.45, 7) is 3.84. The van der Waals surface area contributed by atoms with E-state index >= 15 is 0 Å². The van der Waals surface area contributed by atoms with Crippen LogP contribution in [-0.4, -0.2) is 43.2 Å². The quantitative estimate of drug-likeness (QED) is 0.462. The minimum Gasteiger partial charge on any atom is -0.377 e. The summed E-state index contributed by atoms with van der Waals surface area (Å²) in [5, 5.41) is 3.13. The lowest BCUT2D eigenvalue weighted by atomic mass is 10.3. The molecule has 0 radical (unpaired) electrons. The molecule has 0 spiro atoms. The molecular formula is C10H25NO3Si. The van der Waals surface area contributed by atoms with Crippen molar-refractivity contribution in [2.45, 2.75) is 32.2 Å². The van der Waals surface area contributed by atoms with Crippen LogP contribution in [0.2, 0.25) is 6.04 Å². The van der Waals surface area contributed by atoms with Crippen LogP contribution < -0.4 is 5.32 Å². The van der Waals surface area contributed by atoms with Crippen LogP contribution >= 0.6 is 0 Å². The number of nitrogens with one attached hydrogen (secondary N) is 1. The molecule has 0 aliphatic carbocycles. The Morgan fingerprint density at radius 2 is 1.80 bits per heavy atom. The fourth-order valence-corrected chi connectivity index (χ4v) is 3.53. The summed E-state index contributed by atoms with van der Waals surface area (Å²) in [5.41, 5.74) is 0. The van der Waals surface area contributed by atoms with Crippen molar-refractivity contribution < 1.29 is 13.3 Å². The van der Waals surface area contributed by atoms with Gasteiger partial charge >= 0.3 is 8.80 Å². The normalized spacial score (nSPS) is 12.0. The lowest BCUT2D eigenvalue weighted by Gasteiger charge is -2.26. The van der Waals surface area contributed by atoms with E-state index in [-0.39, 0.29) is 0 Å². The molecule has 0 aromatic carbocycles. The SMILES string of the molecule is CCCO[Si](CCCCNC)(OC)OC. The standard InChI is InChI=1S/C10H25NO3Si/c1-5-9-14-15(12-3,13-4)10-7-6-8-11-2/h11H,5-10H2,1-4H3. The molecule has 4 nitrogen and oxygen atoms in total. The minimum absolute atomic E-state index is 0.722. The fraction of sp³-hybridized carbons (Fsp3) is 1.00. The van der Waals surface area contributed by atoms with Crippen molar-refractivity contribution in [1.82, 2.24) is 5.32 Å². The molecule has 0 saturated heterocycles. The van der Waals surface area contributed by atoms with Crippen molar-refractivity contribution >= 4 is 8.80 Å². The molecule has 0 rings (SSSR count). The van der Waals surface area contributed by atoms with Crippen LogP contribution in [0, 0.1) is 0 Å². The monoisotopic (exact) mass is 235 g/mol. The van der Waals surface area contributed by atoms with Crippen molar-refractivity contribution in [3.63, 3.8) is 0 Å². The Balaban J connectivity index is 3.88. The molecule has 0 aliphatic rings. The molecule has 0 aromatic rings. The first-order chi connectivity index (χ1) is 7.24. The summed E-state index contributed by atoms with van der Waals surface area (Å²) in [5.74, 6) is 0. The zero-order valence-corrected chi connectivity index (χ0v) is 11.5. The third-order valence-corrected chi connectivity index (χ3v) is 5.16. The van der Waals surface area contributed by atoms with Gasteiger partial charge in [0.05, 0.1) is 0 Å². The molecule has 0 unspecified atom stereocenters. The highest BCUT2D eigenvalue weighted by atomic mass is 28.4. The van der Waals surface area contributed by atoms with Crippen molar-refractivity contribution in [3.8, 4) is 0 Å². The molecular weight excluding hydrogens is 210 g/mol. The molecule has 1 N–H and O–H groups in total. The van der Waals surface area contributed by atoms with Gasteiger partial charge in [-0.25, -0.2) is 0 Å². The zero-order valence-electron chi connectivity index (χ0n) is 10.5. The average molecular weight is 235 g/mol. The molecule has 0 heterocycles. The Hall–Kier alpha value is 0.0569. The van der Waals surface area contributed by atoms with Crippen molar-refractivity contribution in [2.24, 2.45) is 0 Å². The third-order valence-electron chi connectivity index (χ3n) is 2.31. The molecule has 5 heteroatoms. The van der Waals surface area contributed by atoms with Gasteiger partial charge in [0.25, 0.3) is 0 Å². The molecule has 0 amide bonds. The number of hydrogen-bond acceptors (Lipinski definition) is 4. The highest BCUT2D eigenvalue weighted by Gasteiger charge is 2.37. The van der Waals surface area contributed by atoms with E-state index in [0.717, 1.165) is 38.5 Å². The van der Waals surface area contributed by atoms with Gasteiger partial charge in [0.1, 0.15) is 0 Å². The number of unbranched alkanes of at least 4 members (excludes halogenated alkanes) is 1. The van der Waals surface area contributed by atoms with Gasteiger partial charge in [0.15, 0.2) is 0 Å². The highest BCUT2D eigenvalue weighted by molar-refractivity contribution is 6.60. The van der Waals surface area contributed by atoms with Gasteiger partial charge in [-0.05, 0) is 32.9 Å². The average Bonchev–Trinajstić information content (AvgIpc) is 2.29. The third kappa shape index (κ3) is 6.27. The van der Waals surface area contributed by atoms with Gasteiger partial charge in [-0.15, -0.1) is 0 Å². The maximum Gasteiger partial charge on any atom is 0.500 e. The van der Waals surface area contributed by atoms with Crippen LogP contribution in [0.4, 0.5) is 0 Å². The second kappa shape index (κ2) is 9.29. The van der Waals surface area contributed by atoms with Crippen LogP contribution in [0.15, 0.2) is 0 Å². The summed E-state index contributed by atoms with van der Waals surface area (Å²) in [6, 6.07) is 0.904. The summed E-state index contributed by atoms with van der Waals surface area (Å²) >= 11 is 0. The molecule has 0 bridgehead atoms. The van der Waals surface area contributed by atoms with E-state index in [1.165, 1.54) is 0 Å². The Bertz CT molecular complexity index is 143. The number of hydrogen-bond donors (Lipinski definition) is 1. The van der Waals surface area contributed by atoms with Crippen LogP contribution in [0.3, 0.4) is 0 Å². The second-order valence-electron chi connectivity index (χ2n) is 3.50. The molecule has 0 aliphatic heterocycles. The van der Waals surface area contributed by atoms with Gasteiger partial charge in [-0.2, -0.15) is 0 Å². The first kappa shape index (κ1) is 15.1. The molecule has 15 heavy (non-hydrogen) atoms. The van der Waals surface area contributed by atoms with E-state index in [4.69, 9.17) is 13.3 Å². The van der Waals surface area contributed by atoms with Gasteiger partial charge in [-0.3, -0.25) is 0 Å². The Morgan fingerprint density at radius 1 is 1.13 bits per heavy atom. The summed E-state index contributed by atoms with van der Waals surface area (Å²) in [7, 11) is 2.99. The predicted molar refractivity (Wildman–Crippen MR) is 64.0 cm³/mol. The molecule has 0 saturated carbocycles. The fourth-order valence-electron chi connectivity index (χ4n) is 1.38. The second-order valence-corrected chi connectivity index (χ2v) is 6.47. The highest BCUT2D eigenvalue weighted by Crippen LogP contribution is 2.17. The lowest BCUT2D eigenvalue weighted by Crippen LogP contribution is -2.44. The van der Waals surface area contributed by atoms with Gasteiger partial charge in [0.2, 0.25) is 0 Å². The number of rotatable bonds is 10. The van der Waals surface area contributed by atoms with Crippen LogP contribution in [0.5, 0.6) is 0 Å². The lowest BCUT2D eigenvalue weighted by molar-refractivity contribution is 0.0976. The van der Waals surface area contributed by atoms with E-state index in [2.05, 4.69) is 12.2 Å². The van der Waals surface area contributed by atoms with E-state index in [1.54, 1.807) is 14.2 Å². The van der Waals surface area contributed by atoms with Gasteiger partial charge < -0.3 is 18.6 Å². The largest absolute Gasteiger partial charge is 0.500 e. The van der Waals surface area contributed by atoms with E-state index < -0.39 is 8.80 Å². The molecule has 0 aromatic heterocycles. The summed E-state index contributed by atoms with van der Waals surface area (Å²) < 4.78 is 16.6. The topological polar surface area (TPSA) is 39.7 Å². The maximum absolute atomic E-state index is 5.73. The first-order valence-electron chi connectivity index (χ1n) is 5.63. The summed E-state index contributed by atoms with van der Waals surface area (Å²) in [6.07, 6.45) is 3.21. The van der Waals surface area contributed by atoms with Gasteiger partial charge in [-0.1, -0.05) is 6.92 Å². The predicted octanol–water partition coefficient (Wildman–Crippen LogP) is 1.64. The van der Waals surface area contributed by atoms with Gasteiger partial charge in [0, 0.05) is 26.9 Å². The van der Waals surface area contributed by atoms with E-state index in [9.17, 15) is 0 Å².